The molecule has 0 saturated carbocycles. The second-order valence-electron chi connectivity index (χ2n) is 4.46. The van der Waals surface area contributed by atoms with Crippen molar-refractivity contribution in [3.05, 3.63) is 0 Å². The maximum absolute atomic E-state index is 11.9. The number of nitrogens with zero attached hydrogens (tertiary/aromatic N) is 1. The third-order valence-corrected chi connectivity index (χ3v) is 3.15. The summed E-state index contributed by atoms with van der Waals surface area (Å²) < 4.78 is 4.89. The number of piperidine rings is 1. The Morgan fingerprint density at radius 3 is 2.79 bits per heavy atom. The molecule has 1 atom stereocenters. The molecule has 1 heterocycles. The van der Waals surface area contributed by atoms with Gasteiger partial charge in [-0.3, -0.25) is 9.59 Å². The van der Waals surface area contributed by atoms with Gasteiger partial charge >= 0.3 is 0 Å². The quantitative estimate of drug-likeness (QED) is 0.656. The number of halogens is 1. The Balaban J connectivity index is 0.00000324. The molecule has 0 bridgehead atoms. The van der Waals surface area contributed by atoms with Crippen LogP contribution in [0.15, 0.2) is 0 Å². The van der Waals surface area contributed by atoms with Crippen molar-refractivity contribution in [1.29, 1.82) is 0 Å². The molecular formula is C12H24ClN3O3. The standard InChI is InChI=1S/C12H23N3O3.ClH/c1-13-12(17)10-4-3-6-15(9-10)11(16)8-14-5-7-18-2;/h10,14H,3-9H2,1-2H3,(H,13,17);1H. The average molecular weight is 294 g/mol. The Morgan fingerprint density at radius 2 is 2.16 bits per heavy atom. The van der Waals surface area contributed by atoms with Crippen molar-refractivity contribution < 1.29 is 14.3 Å². The third-order valence-electron chi connectivity index (χ3n) is 3.15. The molecule has 112 valence electrons. The summed E-state index contributed by atoms with van der Waals surface area (Å²) in [6.07, 6.45) is 1.75. The molecule has 0 aromatic heterocycles. The first-order valence-electron chi connectivity index (χ1n) is 6.38. The first kappa shape index (κ1) is 18.1. The number of rotatable bonds is 6. The Labute approximate surface area is 120 Å². The van der Waals surface area contributed by atoms with E-state index in [0.717, 1.165) is 19.4 Å². The number of hydrogen-bond donors (Lipinski definition) is 2. The lowest BCUT2D eigenvalue weighted by Crippen LogP contribution is -2.47. The Hall–Kier alpha value is -0.850. The lowest BCUT2D eigenvalue weighted by molar-refractivity contribution is -0.134. The van der Waals surface area contributed by atoms with Gasteiger partial charge in [-0.2, -0.15) is 0 Å². The number of hydrogen-bond acceptors (Lipinski definition) is 4. The molecule has 1 rings (SSSR count). The summed E-state index contributed by atoms with van der Waals surface area (Å²) in [4.78, 5) is 25.2. The maximum Gasteiger partial charge on any atom is 0.236 e. The molecule has 0 aromatic rings. The molecule has 1 fully saturated rings. The molecule has 2 N–H and O–H groups in total. The highest BCUT2D eigenvalue weighted by Gasteiger charge is 2.27. The van der Waals surface area contributed by atoms with E-state index in [0.29, 0.717) is 26.2 Å². The number of methoxy groups -OCH3 is 1. The summed E-state index contributed by atoms with van der Waals surface area (Å²) in [6, 6.07) is 0. The zero-order chi connectivity index (χ0) is 13.4. The molecular weight excluding hydrogens is 270 g/mol. The van der Waals surface area contributed by atoms with Gasteiger partial charge in [0.05, 0.1) is 19.1 Å². The Morgan fingerprint density at radius 1 is 1.42 bits per heavy atom. The minimum atomic E-state index is -0.0633. The molecule has 0 aromatic carbocycles. The fraction of sp³-hybridized carbons (Fsp3) is 0.833. The van der Waals surface area contributed by atoms with E-state index >= 15 is 0 Å². The van der Waals surface area contributed by atoms with E-state index in [1.165, 1.54) is 0 Å². The van der Waals surface area contributed by atoms with Crippen molar-refractivity contribution in [3.8, 4) is 0 Å². The first-order valence-corrected chi connectivity index (χ1v) is 6.38. The summed E-state index contributed by atoms with van der Waals surface area (Å²) in [7, 11) is 3.26. The fourth-order valence-corrected chi connectivity index (χ4v) is 2.10. The van der Waals surface area contributed by atoms with Crippen LogP contribution in [0, 0.1) is 5.92 Å². The van der Waals surface area contributed by atoms with E-state index in [-0.39, 0.29) is 30.1 Å². The Kier molecular flexibility index (Phi) is 9.55. The second kappa shape index (κ2) is 10.00. The van der Waals surface area contributed by atoms with E-state index < -0.39 is 0 Å². The molecule has 19 heavy (non-hydrogen) atoms. The van der Waals surface area contributed by atoms with Gasteiger partial charge in [0.1, 0.15) is 0 Å². The van der Waals surface area contributed by atoms with E-state index in [9.17, 15) is 9.59 Å². The molecule has 1 aliphatic heterocycles. The highest BCUT2D eigenvalue weighted by atomic mass is 35.5. The normalized spacial score (nSPS) is 18.6. The van der Waals surface area contributed by atoms with Crippen LogP contribution in [0.2, 0.25) is 0 Å². The fourth-order valence-electron chi connectivity index (χ4n) is 2.10. The molecule has 2 amide bonds. The third kappa shape index (κ3) is 6.22. The summed E-state index contributed by atoms with van der Waals surface area (Å²) >= 11 is 0. The highest BCUT2D eigenvalue weighted by Crippen LogP contribution is 2.16. The number of likely N-dealkylation sites (tertiary alicyclic amines) is 1. The monoisotopic (exact) mass is 293 g/mol. The maximum atomic E-state index is 11.9. The number of carbonyl (C=O) groups is 2. The second-order valence-corrected chi connectivity index (χ2v) is 4.46. The minimum absolute atomic E-state index is 0. The van der Waals surface area contributed by atoms with Gasteiger partial charge in [-0.15, -0.1) is 12.4 Å². The van der Waals surface area contributed by atoms with Crippen LogP contribution in [0.3, 0.4) is 0 Å². The SMILES string of the molecule is CNC(=O)C1CCCN(C(=O)CNCCOC)C1.Cl. The average Bonchev–Trinajstić information content (AvgIpc) is 2.42. The van der Waals surface area contributed by atoms with E-state index in [2.05, 4.69) is 10.6 Å². The van der Waals surface area contributed by atoms with E-state index in [4.69, 9.17) is 4.74 Å². The zero-order valence-corrected chi connectivity index (χ0v) is 12.4. The van der Waals surface area contributed by atoms with Crippen molar-refractivity contribution in [3.63, 3.8) is 0 Å². The van der Waals surface area contributed by atoms with Crippen LogP contribution in [0.1, 0.15) is 12.8 Å². The number of amides is 2. The van der Waals surface area contributed by atoms with E-state index in [1.807, 2.05) is 0 Å². The number of carbonyl (C=O) groups excluding carboxylic acids is 2. The van der Waals surface area contributed by atoms with Crippen LogP contribution in [-0.4, -0.2) is 63.7 Å². The first-order chi connectivity index (χ1) is 8.69. The molecule has 1 saturated heterocycles. The van der Waals surface area contributed by atoms with Gasteiger partial charge in [0.15, 0.2) is 0 Å². The van der Waals surface area contributed by atoms with Gasteiger partial charge < -0.3 is 20.3 Å². The molecule has 1 aliphatic rings. The van der Waals surface area contributed by atoms with Gasteiger partial charge in [0.25, 0.3) is 0 Å². The van der Waals surface area contributed by atoms with Crippen molar-refractivity contribution >= 4 is 24.2 Å². The molecule has 7 heteroatoms. The minimum Gasteiger partial charge on any atom is -0.383 e. The predicted octanol–water partition coefficient (Wildman–Crippen LogP) is -0.371. The van der Waals surface area contributed by atoms with Crippen LogP contribution in [0.25, 0.3) is 0 Å². The molecule has 0 aliphatic carbocycles. The number of ether oxygens (including phenoxy) is 1. The largest absolute Gasteiger partial charge is 0.383 e. The van der Waals surface area contributed by atoms with Crippen LogP contribution < -0.4 is 10.6 Å². The van der Waals surface area contributed by atoms with Crippen LogP contribution in [0.4, 0.5) is 0 Å². The Bertz CT molecular complexity index is 289. The van der Waals surface area contributed by atoms with Crippen LogP contribution in [0.5, 0.6) is 0 Å². The zero-order valence-electron chi connectivity index (χ0n) is 11.6. The summed E-state index contributed by atoms with van der Waals surface area (Å²) in [6.45, 7) is 2.84. The summed E-state index contributed by atoms with van der Waals surface area (Å²) in [5, 5.41) is 5.67. The molecule has 0 spiro atoms. The highest BCUT2D eigenvalue weighted by molar-refractivity contribution is 5.85. The predicted molar refractivity (Wildman–Crippen MR) is 75.4 cm³/mol. The lowest BCUT2D eigenvalue weighted by atomic mass is 9.97. The van der Waals surface area contributed by atoms with Gasteiger partial charge in [0, 0.05) is 33.8 Å². The van der Waals surface area contributed by atoms with Crippen molar-refractivity contribution in [2.75, 3.05) is 46.9 Å². The van der Waals surface area contributed by atoms with Crippen LogP contribution >= 0.6 is 12.4 Å². The van der Waals surface area contributed by atoms with Crippen molar-refractivity contribution in [1.82, 2.24) is 15.5 Å². The van der Waals surface area contributed by atoms with Crippen LogP contribution in [-0.2, 0) is 14.3 Å². The molecule has 1 unspecified atom stereocenters. The van der Waals surface area contributed by atoms with Crippen molar-refractivity contribution in [2.45, 2.75) is 12.8 Å². The number of nitrogens with one attached hydrogen (secondary N) is 2. The topological polar surface area (TPSA) is 70.7 Å². The lowest BCUT2D eigenvalue weighted by Gasteiger charge is -2.31. The smallest absolute Gasteiger partial charge is 0.236 e. The van der Waals surface area contributed by atoms with Gasteiger partial charge in [-0.1, -0.05) is 0 Å². The van der Waals surface area contributed by atoms with E-state index in [1.54, 1.807) is 19.1 Å². The van der Waals surface area contributed by atoms with Crippen molar-refractivity contribution in [2.24, 2.45) is 5.92 Å². The van der Waals surface area contributed by atoms with Gasteiger partial charge in [0.2, 0.25) is 11.8 Å². The molecule has 0 radical (unpaired) electrons. The van der Waals surface area contributed by atoms with Gasteiger partial charge in [-0.25, -0.2) is 0 Å². The summed E-state index contributed by atoms with van der Waals surface area (Å²) in [5.74, 6) is 0.0197. The summed E-state index contributed by atoms with van der Waals surface area (Å²) in [5.41, 5.74) is 0. The van der Waals surface area contributed by atoms with Gasteiger partial charge in [-0.05, 0) is 12.8 Å². The molecule has 6 nitrogen and oxygen atoms in total.